The Morgan fingerprint density at radius 2 is 1.69 bits per heavy atom. The molecule has 1 aromatic carbocycles. The third-order valence-corrected chi connectivity index (χ3v) is 5.59. The van der Waals surface area contributed by atoms with E-state index in [4.69, 9.17) is 0 Å². The lowest BCUT2D eigenvalue weighted by Gasteiger charge is -2.35. The molecular weight excluding hydrogens is 432 g/mol. The molecule has 0 atom stereocenters. The second-order valence-corrected chi connectivity index (χ2v) is 8.59. The summed E-state index contributed by atoms with van der Waals surface area (Å²) in [6.45, 7) is 8.92. The van der Waals surface area contributed by atoms with Gasteiger partial charge in [0.15, 0.2) is 5.78 Å². The number of amides is 1. The Kier molecular flexibility index (Phi) is 7.00. The normalized spacial score (nSPS) is 14.4. The molecule has 154 valence electrons. The lowest BCUT2D eigenvalue weighted by atomic mass is 10.1. The Bertz CT molecular complexity index is 875. The van der Waals surface area contributed by atoms with Gasteiger partial charge >= 0.3 is 0 Å². The summed E-state index contributed by atoms with van der Waals surface area (Å²) in [5.74, 6) is 2.10. The first-order valence-electron chi connectivity index (χ1n) is 10.0. The molecule has 1 aliphatic rings. The van der Waals surface area contributed by atoms with E-state index in [0.717, 1.165) is 34.9 Å². The molecule has 3 rings (SSSR count). The molecule has 0 radical (unpaired) electrons. The molecule has 2 heterocycles. The summed E-state index contributed by atoms with van der Waals surface area (Å²) in [5.41, 5.74) is 1.61. The molecular formula is C22H27BrN4O2. The van der Waals surface area contributed by atoms with Gasteiger partial charge in [0.25, 0.3) is 0 Å². The van der Waals surface area contributed by atoms with E-state index in [1.165, 1.54) is 0 Å². The third-order valence-electron chi connectivity index (χ3n) is 5.06. The fourth-order valence-corrected chi connectivity index (χ4v) is 3.60. The van der Waals surface area contributed by atoms with Crippen LogP contribution in [0.25, 0.3) is 0 Å². The predicted octanol–water partition coefficient (Wildman–Crippen LogP) is 3.98. The van der Waals surface area contributed by atoms with Crippen molar-refractivity contribution in [2.24, 2.45) is 0 Å². The van der Waals surface area contributed by atoms with Gasteiger partial charge in [-0.3, -0.25) is 9.59 Å². The number of carbonyl (C=O) groups excluding carboxylic acids is 2. The molecule has 0 unspecified atom stereocenters. The smallest absolute Gasteiger partial charge is 0.223 e. The highest BCUT2D eigenvalue weighted by atomic mass is 79.9. The number of aromatic nitrogens is 2. The molecule has 0 aliphatic carbocycles. The van der Waals surface area contributed by atoms with E-state index in [-0.39, 0.29) is 30.4 Å². The van der Waals surface area contributed by atoms with E-state index in [1.807, 2.05) is 30.0 Å². The minimum absolute atomic E-state index is 0.00200. The topological polar surface area (TPSA) is 66.4 Å². The summed E-state index contributed by atoms with van der Waals surface area (Å²) in [7, 11) is 0. The van der Waals surface area contributed by atoms with E-state index in [9.17, 15) is 9.59 Å². The summed E-state index contributed by atoms with van der Waals surface area (Å²) in [6, 6.07) is 9.25. The molecule has 1 saturated heterocycles. The SMILES string of the molecule is Cc1cc(N2CCN(C(=O)CCC(=O)c3ccc(Br)cc3)CC2)nc(C(C)C)n1. The standard InChI is InChI=1S/C22H27BrN4O2/c1-15(2)22-24-16(3)14-20(25-22)26-10-12-27(13-11-26)21(29)9-8-19(28)17-4-6-18(23)7-5-17/h4-7,14-15H,8-13H2,1-3H3. The highest BCUT2D eigenvalue weighted by molar-refractivity contribution is 9.10. The van der Waals surface area contributed by atoms with Crippen molar-refractivity contribution in [2.75, 3.05) is 31.1 Å². The van der Waals surface area contributed by atoms with Crippen LogP contribution in [0.2, 0.25) is 0 Å². The number of piperazine rings is 1. The van der Waals surface area contributed by atoms with Crippen LogP contribution in [0.3, 0.4) is 0 Å². The monoisotopic (exact) mass is 458 g/mol. The van der Waals surface area contributed by atoms with Gasteiger partial charge in [0, 0.05) is 66.7 Å². The Balaban J connectivity index is 1.52. The summed E-state index contributed by atoms with van der Waals surface area (Å²) in [5, 5.41) is 0. The molecule has 29 heavy (non-hydrogen) atoms. The largest absolute Gasteiger partial charge is 0.353 e. The van der Waals surface area contributed by atoms with Crippen molar-refractivity contribution in [1.82, 2.24) is 14.9 Å². The van der Waals surface area contributed by atoms with Crippen LogP contribution in [0.4, 0.5) is 5.82 Å². The van der Waals surface area contributed by atoms with Crippen LogP contribution in [-0.4, -0.2) is 52.7 Å². The molecule has 1 fully saturated rings. The van der Waals surface area contributed by atoms with Gasteiger partial charge in [0.1, 0.15) is 11.6 Å². The molecule has 2 aromatic rings. The summed E-state index contributed by atoms with van der Waals surface area (Å²) in [6.07, 6.45) is 0.489. The number of benzene rings is 1. The first kappa shape index (κ1) is 21.4. The van der Waals surface area contributed by atoms with E-state index in [2.05, 4.69) is 44.6 Å². The van der Waals surface area contributed by atoms with Gasteiger partial charge < -0.3 is 9.80 Å². The number of rotatable bonds is 6. The number of hydrogen-bond acceptors (Lipinski definition) is 5. The van der Waals surface area contributed by atoms with Crippen LogP contribution in [0.15, 0.2) is 34.8 Å². The van der Waals surface area contributed by atoms with Crippen molar-refractivity contribution in [3.05, 3.63) is 51.9 Å². The highest BCUT2D eigenvalue weighted by Crippen LogP contribution is 2.19. The van der Waals surface area contributed by atoms with Gasteiger partial charge in [-0.05, 0) is 19.1 Å². The Labute approximate surface area is 180 Å². The van der Waals surface area contributed by atoms with Gasteiger partial charge in [-0.1, -0.05) is 41.9 Å². The Hall–Kier alpha value is -2.28. The number of ketones is 1. The number of carbonyl (C=O) groups is 2. The van der Waals surface area contributed by atoms with E-state index >= 15 is 0 Å². The zero-order valence-electron chi connectivity index (χ0n) is 17.2. The van der Waals surface area contributed by atoms with Crippen molar-refractivity contribution in [3.63, 3.8) is 0 Å². The average molecular weight is 459 g/mol. The van der Waals surface area contributed by atoms with E-state index in [1.54, 1.807) is 12.1 Å². The maximum atomic E-state index is 12.6. The van der Waals surface area contributed by atoms with E-state index < -0.39 is 0 Å². The quantitative estimate of drug-likeness (QED) is 0.612. The first-order valence-corrected chi connectivity index (χ1v) is 10.8. The number of anilines is 1. The van der Waals surface area contributed by atoms with Crippen LogP contribution in [0.1, 0.15) is 54.5 Å². The van der Waals surface area contributed by atoms with Crippen molar-refractivity contribution in [3.8, 4) is 0 Å². The molecule has 0 spiro atoms. The number of aryl methyl sites for hydroxylation is 1. The molecule has 1 aliphatic heterocycles. The van der Waals surface area contributed by atoms with Crippen molar-refractivity contribution >= 4 is 33.4 Å². The second kappa shape index (κ2) is 9.48. The van der Waals surface area contributed by atoms with Gasteiger partial charge in [0.2, 0.25) is 5.91 Å². The zero-order chi connectivity index (χ0) is 21.0. The lowest BCUT2D eigenvalue weighted by molar-refractivity contribution is -0.131. The third kappa shape index (κ3) is 5.63. The van der Waals surface area contributed by atoms with Crippen LogP contribution < -0.4 is 4.90 Å². The lowest BCUT2D eigenvalue weighted by Crippen LogP contribution is -2.49. The van der Waals surface area contributed by atoms with Gasteiger partial charge in [-0.25, -0.2) is 9.97 Å². The number of nitrogens with zero attached hydrogens (tertiary/aromatic N) is 4. The fourth-order valence-electron chi connectivity index (χ4n) is 3.34. The Morgan fingerprint density at radius 3 is 2.31 bits per heavy atom. The molecule has 0 bridgehead atoms. The van der Waals surface area contributed by atoms with Crippen LogP contribution >= 0.6 is 15.9 Å². The molecule has 1 amide bonds. The predicted molar refractivity (Wildman–Crippen MR) is 117 cm³/mol. The summed E-state index contributed by atoms with van der Waals surface area (Å²) < 4.78 is 0.933. The number of hydrogen-bond donors (Lipinski definition) is 0. The van der Waals surface area contributed by atoms with Crippen molar-refractivity contribution in [1.29, 1.82) is 0 Å². The number of Topliss-reactive ketones (excluding diaryl/α,β-unsaturated/α-hetero) is 1. The highest BCUT2D eigenvalue weighted by Gasteiger charge is 2.23. The molecule has 7 heteroatoms. The molecule has 6 nitrogen and oxygen atoms in total. The maximum absolute atomic E-state index is 12.6. The van der Waals surface area contributed by atoms with Crippen LogP contribution in [0.5, 0.6) is 0 Å². The fraction of sp³-hybridized carbons (Fsp3) is 0.455. The summed E-state index contributed by atoms with van der Waals surface area (Å²) in [4.78, 5) is 38.1. The first-order chi connectivity index (χ1) is 13.8. The zero-order valence-corrected chi connectivity index (χ0v) is 18.8. The summed E-state index contributed by atoms with van der Waals surface area (Å²) >= 11 is 3.36. The second-order valence-electron chi connectivity index (χ2n) is 7.68. The van der Waals surface area contributed by atoms with Gasteiger partial charge in [0.05, 0.1) is 0 Å². The van der Waals surface area contributed by atoms with Crippen LogP contribution in [0, 0.1) is 6.92 Å². The molecule has 0 saturated carbocycles. The van der Waals surface area contributed by atoms with Crippen LogP contribution in [-0.2, 0) is 4.79 Å². The minimum Gasteiger partial charge on any atom is -0.353 e. The number of halogens is 1. The maximum Gasteiger partial charge on any atom is 0.223 e. The Morgan fingerprint density at radius 1 is 1.03 bits per heavy atom. The van der Waals surface area contributed by atoms with Crippen molar-refractivity contribution < 1.29 is 9.59 Å². The average Bonchev–Trinajstić information content (AvgIpc) is 2.72. The molecule has 1 aromatic heterocycles. The minimum atomic E-state index is 0.00200. The van der Waals surface area contributed by atoms with Gasteiger partial charge in [-0.2, -0.15) is 0 Å². The molecule has 0 N–H and O–H groups in total. The van der Waals surface area contributed by atoms with E-state index in [0.29, 0.717) is 18.7 Å². The van der Waals surface area contributed by atoms with Gasteiger partial charge in [-0.15, -0.1) is 0 Å². The van der Waals surface area contributed by atoms with Crippen molar-refractivity contribution in [2.45, 2.75) is 39.5 Å².